The molecule has 2 aliphatic heterocycles. The van der Waals surface area contributed by atoms with Crippen molar-refractivity contribution in [1.29, 1.82) is 0 Å². The van der Waals surface area contributed by atoms with E-state index < -0.39 is 0 Å². The van der Waals surface area contributed by atoms with E-state index in [0.29, 0.717) is 6.04 Å². The first-order chi connectivity index (χ1) is 8.66. The van der Waals surface area contributed by atoms with Gasteiger partial charge in [0.05, 0.1) is 0 Å². The third kappa shape index (κ3) is 2.22. The average molecular weight is 250 g/mol. The Hall–Kier alpha value is -0.0800. The van der Waals surface area contributed by atoms with E-state index in [1.54, 1.807) is 0 Å². The van der Waals surface area contributed by atoms with Crippen LogP contribution in [0.15, 0.2) is 0 Å². The predicted molar refractivity (Wildman–Crippen MR) is 76.4 cm³/mol. The predicted octanol–water partition coefficient (Wildman–Crippen LogP) is 3.16. The van der Waals surface area contributed by atoms with E-state index in [-0.39, 0.29) is 0 Å². The van der Waals surface area contributed by atoms with E-state index in [9.17, 15) is 0 Å². The largest absolute Gasteiger partial charge is 0.328 e. The minimum Gasteiger partial charge on any atom is -0.328 e. The number of piperidine rings is 2. The molecule has 3 rings (SSSR count). The molecule has 104 valence electrons. The van der Waals surface area contributed by atoms with Crippen LogP contribution in [0.3, 0.4) is 0 Å². The third-order valence-electron chi connectivity index (χ3n) is 6.11. The van der Waals surface area contributed by atoms with Gasteiger partial charge in [0.2, 0.25) is 0 Å². The van der Waals surface area contributed by atoms with Crippen molar-refractivity contribution in [3.63, 3.8) is 0 Å². The van der Waals surface area contributed by atoms with Gasteiger partial charge in [-0.25, -0.2) is 0 Å². The summed E-state index contributed by atoms with van der Waals surface area (Å²) in [6.45, 7) is 4.96. The zero-order valence-electron chi connectivity index (χ0n) is 12.1. The van der Waals surface area contributed by atoms with Gasteiger partial charge >= 0.3 is 0 Å². The van der Waals surface area contributed by atoms with Gasteiger partial charge in [0.15, 0.2) is 0 Å². The van der Waals surface area contributed by atoms with Crippen molar-refractivity contribution in [2.75, 3.05) is 0 Å². The van der Waals surface area contributed by atoms with E-state index in [0.717, 1.165) is 30.0 Å². The first kappa shape index (κ1) is 12.9. The van der Waals surface area contributed by atoms with E-state index in [4.69, 9.17) is 5.73 Å². The van der Waals surface area contributed by atoms with Crippen LogP contribution in [0, 0.1) is 11.8 Å². The standard InChI is InChI=1S/C16H30N2/c1-11-5-3-8-16(12(11)2)18-14-6-4-7-15(18)10-13(17)9-14/h11-16H,3-10,17H2,1-2H3. The number of rotatable bonds is 1. The van der Waals surface area contributed by atoms with Gasteiger partial charge < -0.3 is 5.73 Å². The molecule has 2 nitrogen and oxygen atoms in total. The van der Waals surface area contributed by atoms with Crippen molar-refractivity contribution in [2.24, 2.45) is 17.6 Å². The van der Waals surface area contributed by atoms with Crippen LogP contribution in [0.4, 0.5) is 0 Å². The minimum absolute atomic E-state index is 0.480. The zero-order chi connectivity index (χ0) is 12.7. The summed E-state index contributed by atoms with van der Waals surface area (Å²) in [5.74, 6) is 1.80. The molecule has 3 fully saturated rings. The normalized spacial score (nSPS) is 50.2. The van der Waals surface area contributed by atoms with Gasteiger partial charge in [-0.3, -0.25) is 4.90 Å². The highest BCUT2D eigenvalue weighted by atomic mass is 15.2. The van der Waals surface area contributed by atoms with Crippen LogP contribution in [-0.2, 0) is 0 Å². The van der Waals surface area contributed by atoms with Crippen LogP contribution in [-0.4, -0.2) is 29.1 Å². The molecule has 1 saturated carbocycles. The van der Waals surface area contributed by atoms with E-state index in [1.807, 2.05) is 0 Å². The Morgan fingerprint density at radius 3 is 2.17 bits per heavy atom. The Balaban J connectivity index is 1.78. The molecule has 0 radical (unpaired) electrons. The molecule has 5 unspecified atom stereocenters. The minimum atomic E-state index is 0.480. The summed E-state index contributed by atoms with van der Waals surface area (Å²) in [6.07, 6.45) is 11.1. The Morgan fingerprint density at radius 2 is 1.50 bits per heavy atom. The summed E-state index contributed by atoms with van der Waals surface area (Å²) in [6, 6.07) is 2.96. The topological polar surface area (TPSA) is 29.3 Å². The second kappa shape index (κ2) is 5.13. The van der Waals surface area contributed by atoms with Crippen LogP contribution in [0.25, 0.3) is 0 Å². The molecule has 1 aliphatic carbocycles. The Bertz CT molecular complexity index is 277. The maximum atomic E-state index is 6.25. The molecular formula is C16H30N2. The molecular weight excluding hydrogens is 220 g/mol. The fraction of sp³-hybridized carbons (Fsp3) is 1.00. The molecule has 0 spiro atoms. The van der Waals surface area contributed by atoms with Crippen LogP contribution in [0.2, 0.25) is 0 Å². The van der Waals surface area contributed by atoms with Gasteiger partial charge in [0.25, 0.3) is 0 Å². The SMILES string of the molecule is CC1CCCC(N2C3CCCC2CC(N)C3)C1C. The van der Waals surface area contributed by atoms with E-state index >= 15 is 0 Å². The van der Waals surface area contributed by atoms with Crippen molar-refractivity contribution in [2.45, 2.75) is 89.4 Å². The van der Waals surface area contributed by atoms with Gasteiger partial charge in [-0.1, -0.05) is 33.1 Å². The molecule has 5 atom stereocenters. The van der Waals surface area contributed by atoms with Gasteiger partial charge in [0, 0.05) is 24.2 Å². The van der Waals surface area contributed by atoms with Crippen LogP contribution >= 0.6 is 0 Å². The molecule has 0 aromatic carbocycles. The zero-order valence-corrected chi connectivity index (χ0v) is 12.1. The first-order valence-electron chi connectivity index (χ1n) is 8.20. The molecule has 0 aromatic rings. The van der Waals surface area contributed by atoms with Gasteiger partial charge in [-0.15, -0.1) is 0 Å². The van der Waals surface area contributed by atoms with Crippen LogP contribution in [0.5, 0.6) is 0 Å². The van der Waals surface area contributed by atoms with Gasteiger partial charge in [-0.05, 0) is 43.9 Å². The summed E-state index contributed by atoms with van der Waals surface area (Å²) >= 11 is 0. The van der Waals surface area contributed by atoms with E-state index in [1.165, 1.54) is 51.4 Å². The van der Waals surface area contributed by atoms with Crippen molar-refractivity contribution < 1.29 is 0 Å². The quantitative estimate of drug-likeness (QED) is 0.774. The molecule has 2 heterocycles. The summed E-state index contributed by atoms with van der Waals surface area (Å²) in [5.41, 5.74) is 6.25. The van der Waals surface area contributed by atoms with Crippen molar-refractivity contribution in [1.82, 2.24) is 4.90 Å². The molecule has 2 saturated heterocycles. The van der Waals surface area contributed by atoms with Crippen LogP contribution < -0.4 is 5.73 Å². The average Bonchev–Trinajstić information content (AvgIpc) is 2.32. The lowest BCUT2D eigenvalue weighted by Crippen LogP contribution is -2.61. The lowest BCUT2D eigenvalue weighted by molar-refractivity contribution is -0.0448. The molecule has 18 heavy (non-hydrogen) atoms. The van der Waals surface area contributed by atoms with Gasteiger partial charge in [-0.2, -0.15) is 0 Å². The Labute approximate surface area is 112 Å². The van der Waals surface area contributed by atoms with Crippen LogP contribution in [0.1, 0.15) is 65.2 Å². The monoisotopic (exact) mass is 250 g/mol. The summed E-state index contributed by atoms with van der Waals surface area (Å²) in [4.78, 5) is 2.94. The Morgan fingerprint density at radius 1 is 0.889 bits per heavy atom. The second-order valence-corrected chi connectivity index (χ2v) is 7.25. The maximum absolute atomic E-state index is 6.25. The summed E-state index contributed by atoms with van der Waals surface area (Å²) in [7, 11) is 0. The number of hydrogen-bond acceptors (Lipinski definition) is 2. The van der Waals surface area contributed by atoms with Crippen molar-refractivity contribution >= 4 is 0 Å². The number of hydrogen-bond donors (Lipinski definition) is 1. The number of nitrogens with zero attached hydrogens (tertiary/aromatic N) is 1. The smallest absolute Gasteiger partial charge is 0.0129 e. The molecule has 2 N–H and O–H groups in total. The molecule has 0 aromatic heterocycles. The fourth-order valence-electron chi connectivity index (χ4n) is 4.98. The lowest BCUT2D eigenvalue weighted by Gasteiger charge is -2.55. The summed E-state index contributed by atoms with van der Waals surface area (Å²) < 4.78 is 0. The molecule has 2 heteroatoms. The lowest BCUT2D eigenvalue weighted by atomic mass is 9.73. The van der Waals surface area contributed by atoms with Crippen molar-refractivity contribution in [3.8, 4) is 0 Å². The maximum Gasteiger partial charge on any atom is 0.0129 e. The highest BCUT2D eigenvalue weighted by Crippen LogP contribution is 2.41. The second-order valence-electron chi connectivity index (χ2n) is 7.25. The highest BCUT2D eigenvalue weighted by molar-refractivity contribution is 4.99. The molecule has 0 amide bonds. The Kier molecular flexibility index (Phi) is 3.68. The number of nitrogens with two attached hydrogens (primary N) is 1. The third-order valence-corrected chi connectivity index (χ3v) is 6.11. The van der Waals surface area contributed by atoms with E-state index in [2.05, 4.69) is 18.7 Å². The van der Waals surface area contributed by atoms with Gasteiger partial charge in [0.1, 0.15) is 0 Å². The molecule has 3 aliphatic rings. The fourth-order valence-corrected chi connectivity index (χ4v) is 4.98. The van der Waals surface area contributed by atoms with Crippen molar-refractivity contribution in [3.05, 3.63) is 0 Å². The summed E-state index contributed by atoms with van der Waals surface area (Å²) in [5, 5.41) is 0. The first-order valence-corrected chi connectivity index (χ1v) is 8.20. The molecule has 2 bridgehead atoms. The highest BCUT2D eigenvalue weighted by Gasteiger charge is 2.43. The number of fused-ring (bicyclic) bond motifs is 2.